The average molecular weight is 394 g/mol. The number of rotatable bonds is 6. The van der Waals surface area contributed by atoms with E-state index < -0.39 is 15.3 Å². The Balaban J connectivity index is 1.48. The van der Waals surface area contributed by atoms with Gasteiger partial charge in [0.2, 0.25) is 15.9 Å². The molecule has 2 aliphatic rings. The number of anilines is 2. The van der Waals surface area contributed by atoms with Crippen LogP contribution in [0.25, 0.3) is 0 Å². The highest BCUT2D eigenvalue weighted by Crippen LogP contribution is 2.27. The minimum Gasteiger partial charge on any atom is -0.372 e. The summed E-state index contributed by atoms with van der Waals surface area (Å²) >= 11 is 0. The smallest absolute Gasteiger partial charge is 0.227 e. The van der Waals surface area contributed by atoms with E-state index in [1.807, 2.05) is 12.1 Å². The summed E-state index contributed by atoms with van der Waals surface area (Å²) < 4.78 is 26.7. The van der Waals surface area contributed by atoms with Crippen LogP contribution >= 0.6 is 0 Å². The Morgan fingerprint density at radius 3 is 2.19 bits per heavy atom. The third-order valence-corrected chi connectivity index (χ3v) is 7.56. The second-order valence-corrected chi connectivity index (χ2v) is 10.3. The van der Waals surface area contributed by atoms with Crippen LogP contribution < -0.4 is 14.9 Å². The van der Waals surface area contributed by atoms with E-state index in [0.29, 0.717) is 25.7 Å². The molecule has 0 unspecified atom stereocenters. The van der Waals surface area contributed by atoms with E-state index in [1.54, 1.807) is 13.8 Å². The van der Waals surface area contributed by atoms with E-state index in [9.17, 15) is 13.2 Å². The highest BCUT2D eigenvalue weighted by atomic mass is 32.2. The Bertz CT molecular complexity index is 732. The highest BCUT2D eigenvalue weighted by molar-refractivity contribution is 7.90. The van der Waals surface area contributed by atoms with Gasteiger partial charge >= 0.3 is 0 Å². The molecule has 0 aromatic heterocycles. The third-order valence-electron chi connectivity index (χ3n) is 5.66. The molecule has 1 aliphatic heterocycles. The first kappa shape index (κ1) is 20.1. The molecule has 27 heavy (non-hydrogen) atoms. The van der Waals surface area contributed by atoms with Crippen molar-refractivity contribution in [1.82, 2.24) is 4.72 Å². The van der Waals surface area contributed by atoms with Crippen molar-refractivity contribution >= 4 is 27.3 Å². The predicted octanol–water partition coefficient (Wildman–Crippen LogP) is 3.11. The first-order chi connectivity index (χ1) is 12.8. The summed E-state index contributed by atoms with van der Waals surface area (Å²) in [6.07, 6.45) is 5.32. The lowest BCUT2D eigenvalue weighted by Crippen LogP contribution is -2.42. The maximum absolute atomic E-state index is 12.5. The Labute approximate surface area is 162 Å². The van der Waals surface area contributed by atoms with Crippen LogP contribution in [-0.2, 0) is 14.8 Å². The second kappa shape index (κ2) is 8.61. The summed E-state index contributed by atoms with van der Waals surface area (Å²) in [6.45, 7) is 5.57. The largest absolute Gasteiger partial charge is 0.372 e. The van der Waals surface area contributed by atoms with Crippen molar-refractivity contribution in [3.8, 4) is 0 Å². The number of nitrogens with zero attached hydrogens (tertiary/aromatic N) is 1. The van der Waals surface area contributed by atoms with Crippen molar-refractivity contribution in [3.05, 3.63) is 24.3 Å². The van der Waals surface area contributed by atoms with Crippen LogP contribution in [-0.4, -0.2) is 38.7 Å². The topological polar surface area (TPSA) is 78.5 Å². The van der Waals surface area contributed by atoms with Crippen molar-refractivity contribution in [2.24, 2.45) is 5.92 Å². The minimum atomic E-state index is -3.25. The summed E-state index contributed by atoms with van der Waals surface area (Å²) in [5, 5.41) is 2.59. The Kier molecular flexibility index (Phi) is 6.42. The monoisotopic (exact) mass is 393 g/mol. The van der Waals surface area contributed by atoms with Crippen molar-refractivity contribution in [3.63, 3.8) is 0 Å². The van der Waals surface area contributed by atoms with Gasteiger partial charge in [0.05, 0.1) is 5.25 Å². The standard InChI is InChI=1S/C20H31N3O3S/c1-15(2)27(25,26)22-18-7-5-16(6-8-18)20(24)21-17-9-11-19(12-10-17)23-13-3-4-14-23/h9-12,15-16,18,22H,3-8,13-14H2,1-2H3,(H,21,24). The van der Waals surface area contributed by atoms with Crippen LogP contribution in [0.2, 0.25) is 0 Å². The molecule has 1 aliphatic carbocycles. The van der Waals surface area contributed by atoms with E-state index >= 15 is 0 Å². The predicted molar refractivity (Wildman–Crippen MR) is 109 cm³/mol. The van der Waals surface area contributed by atoms with Gasteiger partial charge in [0.15, 0.2) is 0 Å². The molecule has 1 saturated heterocycles. The number of carbonyl (C=O) groups excluding carboxylic acids is 1. The fourth-order valence-electron chi connectivity index (χ4n) is 3.82. The molecule has 2 N–H and O–H groups in total. The van der Waals surface area contributed by atoms with E-state index in [1.165, 1.54) is 18.5 Å². The Morgan fingerprint density at radius 1 is 1.04 bits per heavy atom. The zero-order chi connectivity index (χ0) is 19.4. The molecule has 1 heterocycles. The van der Waals surface area contributed by atoms with Gasteiger partial charge in [-0.1, -0.05) is 0 Å². The molecule has 0 bridgehead atoms. The Hall–Kier alpha value is -1.60. The first-order valence-electron chi connectivity index (χ1n) is 10.0. The summed E-state index contributed by atoms with van der Waals surface area (Å²) in [5.41, 5.74) is 2.04. The van der Waals surface area contributed by atoms with Gasteiger partial charge in [-0.25, -0.2) is 13.1 Å². The van der Waals surface area contributed by atoms with Gasteiger partial charge in [-0.2, -0.15) is 0 Å². The van der Waals surface area contributed by atoms with Gasteiger partial charge < -0.3 is 10.2 Å². The molecular weight excluding hydrogens is 362 g/mol. The molecule has 1 saturated carbocycles. The average Bonchev–Trinajstić information content (AvgIpc) is 3.17. The molecule has 0 spiro atoms. The van der Waals surface area contributed by atoms with Gasteiger partial charge in [-0.3, -0.25) is 4.79 Å². The fourth-order valence-corrected chi connectivity index (χ4v) is 4.79. The second-order valence-electron chi connectivity index (χ2n) is 7.99. The van der Waals surface area contributed by atoms with Crippen molar-refractivity contribution in [2.75, 3.05) is 23.3 Å². The van der Waals surface area contributed by atoms with Gasteiger partial charge in [-0.05, 0) is 76.6 Å². The number of carbonyl (C=O) groups is 1. The van der Waals surface area contributed by atoms with Gasteiger partial charge in [-0.15, -0.1) is 0 Å². The summed E-state index contributed by atoms with van der Waals surface area (Å²) in [4.78, 5) is 14.9. The number of sulfonamides is 1. The van der Waals surface area contributed by atoms with E-state index in [4.69, 9.17) is 0 Å². The molecule has 3 rings (SSSR count). The molecule has 150 valence electrons. The first-order valence-corrected chi connectivity index (χ1v) is 11.6. The van der Waals surface area contributed by atoms with E-state index in [2.05, 4.69) is 27.1 Å². The molecule has 7 heteroatoms. The van der Waals surface area contributed by atoms with Gasteiger partial charge in [0.1, 0.15) is 0 Å². The van der Waals surface area contributed by atoms with Crippen LogP contribution in [0.3, 0.4) is 0 Å². The maximum atomic E-state index is 12.5. The zero-order valence-corrected chi connectivity index (χ0v) is 17.1. The summed E-state index contributed by atoms with van der Waals surface area (Å²) in [7, 11) is -3.25. The zero-order valence-electron chi connectivity index (χ0n) is 16.3. The minimum absolute atomic E-state index is 0.0362. The third kappa shape index (κ3) is 5.23. The molecule has 1 aromatic rings. The van der Waals surface area contributed by atoms with Crippen LogP contribution in [0.1, 0.15) is 52.4 Å². The maximum Gasteiger partial charge on any atom is 0.227 e. The fraction of sp³-hybridized carbons (Fsp3) is 0.650. The molecule has 0 radical (unpaired) electrons. The molecule has 2 fully saturated rings. The lowest BCUT2D eigenvalue weighted by Gasteiger charge is -2.28. The highest BCUT2D eigenvalue weighted by Gasteiger charge is 2.29. The van der Waals surface area contributed by atoms with E-state index in [0.717, 1.165) is 18.8 Å². The van der Waals surface area contributed by atoms with Crippen molar-refractivity contribution in [2.45, 2.75) is 63.7 Å². The van der Waals surface area contributed by atoms with Crippen molar-refractivity contribution < 1.29 is 13.2 Å². The van der Waals surface area contributed by atoms with Crippen LogP contribution in [0.15, 0.2) is 24.3 Å². The normalized spacial score (nSPS) is 23.6. The number of hydrogen-bond acceptors (Lipinski definition) is 4. The van der Waals surface area contributed by atoms with Gasteiger partial charge in [0, 0.05) is 36.4 Å². The number of benzene rings is 1. The van der Waals surface area contributed by atoms with Crippen LogP contribution in [0.4, 0.5) is 11.4 Å². The SMILES string of the molecule is CC(C)S(=O)(=O)NC1CCC(C(=O)Nc2ccc(N3CCCC3)cc2)CC1. The molecule has 6 nitrogen and oxygen atoms in total. The lowest BCUT2D eigenvalue weighted by atomic mass is 9.86. The molecule has 1 aromatic carbocycles. The van der Waals surface area contributed by atoms with Crippen molar-refractivity contribution in [1.29, 1.82) is 0 Å². The quantitative estimate of drug-likeness (QED) is 0.778. The summed E-state index contributed by atoms with van der Waals surface area (Å²) in [5.74, 6) is -0.0165. The number of hydrogen-bond donors (Lipinski definition) is 2. The molecule has 0 atom stereocenters. The van der Waals surface area contributed by atoms with E-state index in [-0.39, 0.29) is 17.9 Å². The summed E-state index contributed by atoms with van der Waals surface area (Å²) in [6, 6.07) is 8.01. The lowest BCUT2D eigenvalue weighted by molar-refractivity contribution is -0.120. The Morgan fingerprint density at radius 2 is 1.63 bits per heavy atom. The van der Waals surface area contributed by atoms with Crippen LogP contribution in [0, 0.1) is 5.92 Å². The van der Waals surface area contributed by atoms with Crippen LogP contribution in [0.5, 0.6) is 0 Å². The molecular formula is C20H31N3O3S. The number of nitrogens with one attached hydrogen (secondary N) is 2. The molecule has 1 amide bonds. The number of amides is 1. The van der Waals surface area contributed by atoms with Gasteiger partial charge in [0.25, 0.3) is 0 Å².